The predicted octanol–water partition coefficient (Wildman–Crippen LogP) is 3.81. The maximum atomic E-state index is 9.65. The highest BCUT2D eigenvalue weighted by atomic mass is 35.5. The lowest BCUT2D eigenvalue weighted by Crippen LogP contribution is -2.33. The third kappa shape index (κ3) is 4.44. The van der Waals surface area contributed by atoms with E-state index in [-0.39, 0.29) is 23.7 Å². The van der Waals surface area contributed by atoms with Gasteiger partial charge in [-0.05, 0) is 43.9 Å². The molecular formula is C24H27ClN8O. The Morgan fingerprint density at radius 3 is 2.62 bits per heavy atom. The molecule has 176 valence electrons. The van der Waals surface area contributed by atoms with Gasteiger partial charge in [-0.3, -0.25) is 4.68 Å². The molecule has 10 heteroatoms. The van der Waals surface area contributed by atoms with Crippen LogP contribution in [0.1, 0.15) is 31.2 Å². The van der Waals surface area contributed by atoms with Crippen LogP contribution in [0.15, 0.2) is 54.0 Å². The topological polar surface area (TPSA) is 132 Å². The highest BCUT2D eigenvalue weighted by Crippen LogP contribution is 2.33. The first-order valence-corrected chi connectivity index (χ1v) is 11.6. The minimum atomic E-state index is 0.0691. The van der Waals surface area contributed by atoms with Gasteiger partial charge < -0.3 is 21.9 Å². The van der Waals surface area contributed by atoms with E-state index in [0.29, 0.717) is 16.3 Å². The Kier molecular flexibility index (Phi) is 5.89. The number of benzene rings is 1. The first kappa shape index (κ1) is 22.2. The number of halogens is 1. The summed E-state index contributed by atoms with van der Waals surface area (Å²) in [5.41, 5.74) is 17.5. The Labute approximate surface area is 202 Å². The molecule has 0 radical (unpaired) electrons. The molecule has 0 bridgehead atoms. The minimum Gasteiger partial charge on any atom is -0.508 e. The van der Waals surface area contributed by atoms with Gasteiger partial charge in [0.15, 0.2) is 0 Å². The van der Waals surface area contributed by atoms with Crippen LogP contribution >= 0.6 is 11.6 Å². The molecule has 1 saturated carbocycles. The van der Waals surface area contributed by atoms with Crippen molar-refractivity contribution in [2.24, 2.45) is 23.5 Å². The summed E-state index contributed by atoms with van der Waals surface area (Å²) >= 11 is 6.26. The van der Waals surface area contributed by atoms with Crippen LogP contribution in [0, 0.1) is 0 Å². The highest BCUT2D eigenvalue weighted by molar-refractivity contribution is 6.33. The molecule has 0 unspecified atom stereocenters. The second-order valence-corrected chi connectivity index (χ2v) is 9.19. The van der Waals surface area contributed by atoms with Crippen LogP contribution in [0.4, 0.5) is 11.4 Å². The summed E-state index contributed by atoms with van der Waals surface area (Å²) in [6.45, 7) is 0. The Morgan fingerprint density at radius 2 is 1.91 bits per heavy atom. The average molecular weight is 479 g/mol. The van der Waals surface area contributed by atoms with E-state index in [1.165, 1.54) is 12.1 Å². The van der Waals surface area contributed by atoms with Gasteiger partial charge in [0.05, 0.1) is 39.9 Å². The summed E-state index contributed by atoms with van der Waals surface area (Å²) < 4.78 is 3.61. The van der Waals surface area contributed by atoms with Crippen molar-refractivity contribution < 1.29 is 5.11 Å². The number of aliphatic imine (C=N–C) groups is 1. The summed E-state index contributed by atoms with van der Waals surface area (Å²) in [6.07, 6.45) is 11.4. The molecule has 4 aromatic rings. The second kappa shape index (κ2) is 9.00. The van der Waals surface area contributed by atoms with E-state index < -0.39 is 0 Å². The Balaban J connectivity index is 1.60. The van der Waals surface area contributed by atoms with E-state index >= 15 is 0 Å². The molecular weight excluding hydrogens is 452 g/mol. The van der Waals surface area contributed by atoms with Crippen molar-refractivity contribution in [2.75, 3.05) is 5.32 Å². The Hall–Kier alpha value is -3.56. The zero-order valence-corrected chi connectivity index (χ0v) is 19.6. The monoisotopic (exact) mass is 478 g/mol. The molecule has 3 aromatic heterocycles. The van der Waals surface area contributed by atoms with Gasteiger partial charge in [-0.25, -0.2) is 9.51 Å². The lowest BCUT2D eigenvalue weighted by atomic mass is 9.91. The molecule has 0 amide bonds. The maximum absolute atomic E-state index is 9.65. The van der Waals surface area contributed by atoms with Gasteiger partial charge in [0.25, 0.3) is 0 Å². The maximum Gasteiger partial charge on any atom is 0.135 e. The highest BCUT2D eigenvalue weighted by Gasteiger charge is 2.22. The number of phenols is 1. The fourth-order valence-electron chi connectivity index (χ4n) is 4.37. The van der Waals surface area contributed by atoms with E-state index in [9.17, 15) is 5.11 Å². The number of amidine groups is 1. The van der Waals surface area contributed by atoms with Gasteiger partial charge >= 0.3 is 0 Å². The lowest BCUT2D eigenvalue weighted by Gasteiger charge is -2.28. The normalized spacial score (nSPS) is 19.0. The first-order chi connectivity index (χ1) is 16.4. The zero-order chi connectivity index (χ0) is 23.8. The third-order valence-corrected chi connectivity index (χ3v) is 6.55. The number of aromatic nitrogens is 4. The van der Waals surface area contributed by atoms with E-state index in [1.807, 2.05) is 30.2 Å². The molecule has 34 heavy (non-hydrogen) atoms. The Morgan fingerprint density at radius 1 is 1.12 bits per heavy atom. The van der Waals surface area contributed by atoms with Gasteiger partial charge in [0.1, 0.15) is 11.6 Å². The number of phenolic OH excluding ortho intramolecular Hbond substituents is 1. The molecule has 1 aliphatic carbocycles. The number of nitrogens with two attached hydrogens (primary N) is 2. The van der Waals surface area contributed by atoms with Gasteiger partial charge in [-0.15, -0.1) is 0 Å². The number of nitrogens with zero attached hydrogens (tertiary/aromatic N) is 5. The fraction of sp³-hybridized carbons (Fsp3) is 0.292. The average Bonchev–Trinajstić information content (AvgIpc) is 3.43. The molecule has 9 nitrogen and oxygen atoms in total. The number of aromatic hydroxyl groups is 1. The number of aryl methyl sites for hydroxylation is 1. The molecule has 1 fully saturated rings. The van der Waals surface area contributed by atoms with Gasteiger partial charge in [0.2, 0.25) is 0 Å². The number of anilines is 1. The van der Waals surface area contributed by atoms with E-state index in [1.54, 1.807) is 16.9 Å². The lowest BCUT2D eigenvalue weighted by molar-refractivity contribution is 0.411. The summed E-state index contributed by atoms with van der Waals surface area (Å²) in [7, 11) is 1.89. The largest absolute Gasteiger partial charge is 0.508 e. The van der Waals surface area contributed by atoms with E-state index in [4.69, 9.17) is 23.1 Å². The van der Waals surface area contributed by atoms with Crippen molar-refractivity contribution in [3.63, 3.8) is 0 Å². The summed E-state index contributed by atoms with van der Waals surface area (Å²) in [5, 5.41) is 22.5. The van der Waals surface area contributed by atoms with Crippen LogP contribution in [0.5, 0.6) is 5.75 Å². The van der Waals surface area contributed by atoms with Crippen LogP contribution in [0.25, 0.3) is 16.6 Å². The molecule has 0 spiro atoms. The van der Waals surface area contributed by atoms with E-state index in [2.05, 4.69) is 26.6 Å². The molecule has 5 rings (SSSR count). The van der Waals surface area contributed by atoms with E-state index in [0.717, 1.165) is 48.0 Å². The van der Waals surface area contributed by atoms with Crippen molar-refractivity contribution >= 4 is 34.3 Å². The van der Waals surface area contributed by atoms with Gasteiger partial charge in [0, 0.05) is 48.7 Å². The molecule has 3 heterocycles. The summed E-state index contributed by atoms with van der Waals surface area (Å²) in [4.78, 5) is 4.54. The van der Waals surface area contributed by atoms with Crippen LogP contribution in [0.3, 0.4) is 0 Å². The molecule has 0 atom stereocenters. The summed E-state index contributed by atoms with van der Waals surface area (Å²) in [5.74, 6) is 0.348. The smallest absolute Gasteiger partial charge is 0.135 e. The standard InChI is InChI=1S/C24H27ClN8O/c1-32-12-15(10-28-32)14-8-22-23(30-17-4-2-16(26)3-5-17)19(11-29-33(22)13-14)24(27)31-21-7-6-18(34)9-20(21)25/h6-13,16-17,30,34H,2-5,26H2,1H3,(H2,27,31)/t16-,17-. The van der Waals surface area contributed by atoms with Crippen molar-refractivity contribution in [3.05, 3.63) is 59.6 Å². The van der Waals surface area contributed by atoms with Crippen LogP contribution in [0.2, 0.25) is 5.02 Å². The summed E-state index contributed by atoms with van der Waals surface area (Å²) in [6, 6.07) is 7.19. The Bertz CT molecular complexity index is 1370. The van der Waals surface area contributed by atoms with Crippen molar-refractivity contribution in [3.8, 4) is 16.9 Å². The number of fused-ring (bicyclic) bond motifs is 1. The van der Waals surface area contributed by atoms with Crippen molar-refractivity contribution in [1.29, 1.82) is 0 Å². The minimum absolute atomic E-state index is 0.0691. The van der Waals surface area contributed by atoms with Crippen LogP contribution in [-0.4, -0.2) is 42.4 Å². The molecule has 1 aliphatic rings. The second-order valence-electron chi connectivity index (χ2n) is 8.78. The molecule has 1 aromatic carbocycles. The molecule has 0 saturated heterocycles. The zero-order valence-electron chi connectivity index (χ0n) is 18.8. The first-order valence-electron chi connectivity index (χ1n) is 11.2. The predicted molar refractivity (Wildman–Crippen MR) is 135 cm³/mol. The third-order valence-electron chi connectivity index (χ3n) is 6.24. The van der Waals surface area contributed by atoms with Crippen molar-refractivity contribution in [1.82, 2.24) is 19.4 Å². The number of hydrogen-bond acceptors (Lipinski definition) is 6. The SMILES string of the molecule is Cn1cc(-c2cc3c(N[C@H]4CC[C@H](N)CC4)c(C(N)=Nc4ccc(O)cc4Cl)cnn3c2)cn1. The van der Waals surface area contributed by atoms with Crippen LogP contribution < -0.4 is 16.8 Å². The number of nitrogens with one attached hydrogen (secondary N) is 1. The number of rotatable bonds is 5. The fourth-order valence-corrected chi connectivity index (χ4v) is 4.59. The van der Waals surface area contributed by atoms with Gasteiger partial charge in [-0.2, -0.15) is 10.2 Å². The van der Waals surface area contributed by atoms with Crippen LogP contribution in [-0.2, 0) is 7.05 Å². The molecule has 6 N–H and O–H groups in total. The molecule has 0 aliphatic heterocycles. The number of hydrogen-bond donors (Lipinski definition) is 4. The van der Waals surface area contributed by atoms with Crippen molar-refractivity contribution in [2.45, 2.75) is 37.8 Å². The quantitative estimate of drug-likeness (QED) is 0.255. The van der Waals surface area contributed by atoms with Gasteiger partial charge in [-0.1, -0.05) is 11.6 Å².